The Balaban J connectivity index is 2.05. The van der Waals surface area contributed by atoms with Gasteiger partial charge in [-0.1, -0.05) is 43.6 Å². The number of amides is 3. The quantitative estimate of drug-likeness (QED) is 0.742. The van der Waals surface area contributed by atoms with Gasteiger partial charge in [-0.25, -0.2) is 9.18 Å². The summed E-state index contributed by atoms with van der Waals surface area (Å²) < 4.78 is 13.8. The molecule has 0 heterocycles. The van der Waals surface area contributed by atoms with Gasteiger partial charge in [-0.2, -0.15) is 0 Å². The molecule has 0 aliphatic carbocycles. The van der Waals surface area contributed by atoms with Gasteiger partial charge in [0.15, 0.2) is 0 Å². The van der Waals surface area contributed by atoms with E-state index in [1.807, 2.05) is 6.07 Å². The smallest absolute Gasteiger partial charge is 0.319 e. The van der Waals surface area contributed by atoms with Crippen LogP contribution in [0.15, 0.2) is 48.5 Å². The molecule has 0 saturated heterocycles. The maximum Gasteiger partial charge on any atom is 0.319 e. The number of para-hydroxylation sites is 1. The van der Waals surface area contributed by atoms with Crippen LogP contribution >= 0.6 is 11.6 Å². The third kappa shape index (κ3) is 5.46. The van der Waals surface area contributed by atoms with Crippen molar-refractivity contribution < 1.29 is 14.0 Å². The number of benzene rings is 2. The standard InChI is InChI=1S/C18H19ClFN3O2/c1-11(2)16(23-18(25)21-13-6-4-3-5-7-13)17(24)22-15-10-12(19)8-9-14(15)20/h3-11,16H,1-2H3,(H,22,24)(H2,21,23,25). The Hall–Kier alpha value is -2.60. The molecule has 0 aliphatic rings. The maximum absolute atomic E-state index is 13.8. The lowest BCUT2D eigenvalue weighted by molar-refractivity contribution is -0.118. The molecular formula is C18H19ClFN3O2. The number of carbonyl (C=O) groups is 2. The first-order valence-corrected chi connectivity index (χ1v) is 8.13. The van der Waals surface area contributed by atoms with Crippen LogP contribution in [0, 0.1) is 11.7 Å². The molecule has 7 heteroatoms. The van der Waals surface area contributed by atoms with Gasteiger partial charge in [0.05, 0.1) is 5.69 Å². The SMILES string of the molecule is CC(C)C(NC(=O)Nc1ccccc1)C(=O)Nc1cc(Cl)ccc1F. The van der Waals surface area contributed by atoms with E-state index < -0.39 is 23.8 Å². The molecule has 0 saturated carbocycles. The summed E-state index contributed by atoms with van der Waals surface area (Å²) in [7, 11) is 0. The van der Waals surface area contributed by atoms with Crippen LogP contribution in [0.25, 0.3) is 0 Å². The van der Waals surface area contributed by atoms with Gasteiger partial charge in [0.1, 0.15) is 11.9 Å². The van der Waals surface area contributed by atoms with Crippen LogP contribution in [-0.4, -0.2) is 18.0 Å². The van der Waals surface area contributed by atoms with Crippen molar-refractivity contribution in [1.82, 2.24) is 5.32 Å². The first-order valence-electron chi connectivity index (χ1n) is 7.75. The fourth-order valence-corrected chi connectivity index (χ4v) is 2.34. The highest BCUT2D eigenvalue weighted by atomic mass is 35.5. The molecule has 0 bridgehead atoms. The Bertz CT molecular complexity index is 753. The Morgan fingerprint density at radius 3 is 2.36 bits per heavy atom. The zero-order valence-corrected chi connectivity index (χ0v) is 14.6. The molecule has 3 amide bonds. The molecule has 3 N–H and O–H groups in total. The molecule has 2 aromatic rings. The Morgan fingerprint density at radius 2 is 1.72 bits per heavy atom. The minimum Gasteiger partial charge on any atom is -0.326 e. The van der Waals surface area contributed by atoms with Gasteiger partial charge < -0.3 is 16.0 Å². The lowest BCUT2D eigenvalue weighted by Crippen LogP contribution is -2.48. The Morgan fingerprint density at radius 1 is 1.04 bits per heavy atom. The second kappa shape index (κ2) is 8.48. The highest BCUT2D eigenvalue weighted by molar-refractivity contribution is 6.30. The average Bonchev–Trinajstić information content (AvgIpc) is 2.56. The molecule has 0 aliphatic heterocycles. The fraction of sp³-hybridized carbons (Fsp3) is 0.222. The third-order valence-corrected chi connectivity index (χ3v) is 3.69. The highest BCUT2D eigenvalue weighted by Crippen LogP contribution is 2.20. The zero-order chi connectivity index (χ0) is 18.4. The summed E-state index contributed by atoms with van der Waals surface area (Å²) in [6.07, 6.45) is 0. The molecular weight excluding hydrogens is 345 g/mol. The van der Waals surface area contributed by atoms with E-state index in [9.17, 15) is 14.0 Å². The number of hydrogen-bond donors (Lipinski definition) is 3. The summed E-state index contributed by atoms with van der Waals surface area (Å²) in [6, 6.07) is 11.3. The number of rotatable bonds is 5. The molecule has 132 valence electrons. The van der Waals surface area contributed by atoms with Crippen molar-refractivity contribution in [2.45, 2.75) is 19.9 Å². The molecule has 1 atom stereocenters. The second-order valence-electron chi connectivity index (χ2n) is 5.80. The number of nitrogens with one attached hydrogen (secondary N) is 3. The first kappa shape index (κ1) is 18.7. The Kier molecular flexibility index (Phi) is 6.36. The van der Waals surface area contributed by atoms with Crippen molar-refractivity contribution in [2.24, 2.45) is 5.92 Å². The summed E-state index contributed by atoms with van der Waals surface area (Å²) in [4.78, 5) is 24.6. The van der Waals surface area contributed by atoms with Crippen LogP contribution in [0.4, 0.5) is 20.6 Å². The van der Waals surface area contributed by atoms with Crippen LogP contribution in [-0.2, 0) is 4.79 Å². The normalized spacial score (nSPS) is 11.7. The van der Waals surface area contributed by atoms with Gasteiger partial charge in [-0.3, -0.25) is 4.79 Å². The molecule has 0 fully saturated rings. The van der Waals surface area contributed by atoms with Crippen molar-refractivity contribution in [1.29, 1.82) is 0 Å². The topological polar surface area (TPSA) is 70.2 Å². The molecule has 25 heavy (non-hydrogen) atoms. The lowest BCUT2D eigenvalue weighted by Gasteiger charge is -2.22. The van der Waals surface area contributed by atoms with Gasteiger partial charge in [0.2, 0.25) is 5.91 Å². The number of hydrogen-bond acceptors (Lipinski definition) is 2. The summed E-state index contributed by atoms with van der Waals surface area (Å²) in [5.41, 5.74) is 0.567. The highest BCUT2D eigenvalue weighted by Gasteiger charge is 2.25. The summed E-state index contributed by atoms with van der Waals surface area (Å²) >= 11 is 5.82. The van der Waals surface area contributed by atoms with Gasteiger partial charge in [0, 0.05) is 10.7 Å². The van der Waals surface area contributed by atoms with E-state index in [0.717, 1.165) is 6.07 Å². The minimum atomic E-state index is -0.845. The summed E-state index contributed by atoms with van der Waals surface area (Å²) in [5, 5.41) is 8.00. The zero-order valence-electron chi connectivity index (χ0n) is 13.8. The first-order chi connectivity index (χ1) is 11.9. The van der Waals surface area contributed by atoms with E-state index in [1.54, 1.807) is 38.1 Å². The monoisotopic (exact) mass is 363 g/mol. The van der Waals surface area contributed by atoms with Gasteiger partial charge in [-0.15, -0.1) is 0 Å². The lowest BCUT2D eigenvalue weighted by atomic mass is 10.0. The van der Waals surface area contributed by atoms with Crippen molar-refractivity contribution in [3.05, 3.63) is 59.4 Å². The van der Waals surface area contributed by atoms with Crippen molar-refractivity contribution in [3.8, 4) is 0 Å². The van der Waals surface area contributed by atoms with Crippen molar-refractivity contribution >= 4 is 34.9 Å². The third-order valence-electron chi connectivity index (χ3n) is 3.45. The minimum absolute atomic E-state index is 0.0339. The largest absolute Gasteiger partial charge is 0.326 e. The van der Waals surface area contributed by atoms with Crippen molar-refractivity contribution in [3.63, 3.8) is 0 Å². The molecule has 0 aromatic heterocycles. The van der Waals surface area contributed by atoms with Crippen LogP contribution in [0.5, 0.6) is 0 Å². The number of anilines is 2. The van der Waals surface area contributed by atoms with E-state index in [2.05, 4.69) is 16.0 Å². The average molecular weight is 364 g/mol. The maximum atomic E-state index is 13.8. The molecule has 5 nitrogen and oxygen atoms in total. The predicted molar refractivity (Wildman–Crippen MR) is 97.3 cm³/mol. The molecule has 2 rings (SSSR count). The second-order valence-corrected chi connectivity index (χ2v) is 6.24. The Labute approximate surface area is 150 Å². The van der Waals surface area contributed by atoms with E-state index in [1.165, 1.54) is 12.1 Å². The summed E-state index contributed by atoms with van der Waals surface area (Å²) in [5.74, 6) is -1.34. The number of halogens is 2. The molecule has 2 aromatic carbocycles. The number of urea groups is 1. The van der Waals surface area contributed by atoms with Crippen LogP contribution in [0.1, 0.15) is 13.8 Å². The van der Waals surface area contributed by atoms with Crippen LogP contribution in [0.2, 0.25) is 5.02 Å². The van der Waals surface area contributed by atoms with Gasteiger partial charge in [0.25, 0.3) is 0 Å². The van der Waals surface area contributed by atoms with E-state index >= 15 is 0 Å². The molecule has 0 radical (unpaired) electrons. The van der Waals surface area contributed by atoms with Crippen molar-refractivity contribution in [2.75, 3.05) is 10.6 Å². The summed E-state index contributed by atoms with van der Waals surface area (Å²) in [6.45, 7) is 3.56. The van der Waals surface area contributed by atoms with Gasteiger partial charge >= 0.3 is 6.03 Å². The fourth-order valence-electron chi connectivity index (χ4n) is 2.17. The molecule has 0 spiro atoms. The van der Waals surface area contributed by atoms with Gasteiger partial charge in [-0.05, 0) is 36.2 Å². The predicted octanol–water partition coefficient (Wildman–Crippen LogP) is 4.26. The number of carbonyl (C=O) groups excluding carboxylic acids is 2. The van der Waals surface area contributed by atoms with Crippen LogP contribution in [0.3, 0.4) is 0 Å². The molecule has 1 unspecified atom stereocenters. The van der Waals surface area contributed by atoms with E-state index in [4.69, 9.17) is 11.6 Å². The van der Waals surface area contributed by atoms with Crippen LogP contribution < -0.4 is 16.0 Å². The van der Waals surface area contributed by atoms with E-state index in [-0.39, 0.29) is 11.6 Å². The van der Waals surface area contributed by atoms with E-state index in [0.29, 0.717) is 10.7 Å².